The molecule has 53 heavy (non-hydrogen) atoms. The summed E-state index contributed by atoms with van der Waals surface area (Å²) in [5.74, 6) is -0.0236. The van der Waals surface area contributed by atoms with Crippen molar-refractivity contribution in [3.05, 3.63) is 36.4 Å². The summed E-state index contributed by atoms with van der Waals surface area (Å²) in [6, 6.07) is 7.16. The highest BCUT2D eigenvalue weighted by Crippen LogP contribution is 2.15. The molecule has 1 N–H and O–H groups in total. The highest BCUT2D eigenvalue weighted by atomic mass is 16.6. The molecular weight excluding hydrogens is 700 g/mol. The number of nitrogens with one attached hydrogen (secondary N) is 1. The largest absolute Gasteiger partial charge is 0.491 e. The van der Waals surface area contributed by atoms with Gasteiger partial charge in [0, 0.05) is 24.8 Å². The van der Waals surface area contributed by atoms with E-state index < -0.39 is 0 Å². The Morgan fingerprint density at radius 3 is 1.04 bits per heavy atom. The van der Waals surface area contributed by atoms with Gasteiger partial charge in [-0.15, -0.1) is 0 Å². The van der Waals surface area contributed by atoms with E-state index in [-0.39, 0.29) is 30.9 Å². The van der Waals surface area contributed by atoms with E-state index in [0.717, 1.165) is 10.6 Å². The van der Waals surface area contributed by atoms with Crippen molar-refractivity contribution in [2.75, 3.05) is 164 Å². The van der Waals surface area contributed by atoms with Crippen LogP contribution in [0.4, 0.5) is 5.69 Å². The molecule has 0 aliphatic carbocycles. The molecule has 1 aromatic rings. The molecule has 0 saturated carbocycles. The molecule has 0 aromatic heterocycles. The summed E-state index contributed by atoms with van der Waals surface area (Å²) in [5, 5.41) is 2.71. The zero-order valence-electron chi connectivity index (χ0n) is 31.0. The average Bonchev–Trinajstić information content (AvgIpc) is 3.47. The van der Waals surface area contributed by atoms with Gasteiger partial charge in [-0.05, 0) is 24.3 Å². The van der Waals surface area contributed by atoms with Crippen LogP contribution in [-0.4, -0.2) is 181 Å². The monoisotopic (exact) mass is 758 g/mol. The Bertz CT molecular complexity index is 1080. The second-order valence-corrected chi connectivity index (χ2v) is 11.0. The third kappa shape index (κ3) is 27.2. The molecule has 0 fully saturated rings. The van der Waals surface area contributed by atoms with Gasteiger partial charge in [0.2, 0.25) is 5.91 Å². The van der Waals surface area contributed by atoms with Gasteiger partial charge in [-0.25, -0.2) is 0 Å². The number of rotatable bonds is 38. The highest BCUT2D eigenvalue weighted by Gasteiger charge is 2.22. The maximum atomic E-state index is 11.4. The summed E-state index contributed by atoms with van der Waals surface area (Å²) < 4.78 is 65.6. The standard InChI is InChI=1S/C36H58N2O15/c1-32(39)37-33-2-4-34(5-3-33)53-31-30-52-29-28-51-27-26-50-25-24-49-23-22-48-21-20-47-19-18-46-17-16-45-15-14-44-13-12-43-11-10-42-9-8-38-35(40)6-7-36(38)41/h2-7H,8-31H2,1H3,(H,37,39). The van der Waals surface area contributed by atoms with Crippen LogP contribution in [0.2, 0.25) is 0 Å². The Labute approximate surface area is 312 Å². The first kappa shape index (κ1) is 46.1. The molecule has 0 unspecified atom stereocenters. The topological polar surface area (TPSA) is 177 Å². The van der Waals surface area contributed by atoms with Gasteiger partial charge in [-0.1, -0.05) is 0 Å². The van der Waals surface area contributed by atoms with Gasteiger partial charge in [-0.2, -0.15) is 0 Å². The number of benzene rings is 1. The second-order valence-electron chi connectivity index (χ2n) is 11.0. The zero-order chi connectivity index (χ0) is 37.9. The van der Waals surface area contributed by atoms with Crippen molar-refractivity contribution in [3.8, 4) is 5.75 Å². The Morgan fingerprint density at radius 2 is 0.736 bits per heavy atom. The minimum absolute atomic E-state index is 0.113. The molecule has 1 aromatic carbocycles. The van der Waals surface area contributed by atoms with Crippen molar-refractivity contribution >= 4 is 23.4 Å². The van der Waals surface area contributed by atoms with Gasteiger partial charge in [-0.3, -0.25) is 19.3 Å². The van der Waals surface area contributed by atoms with E-state index in [2.05, 4.69) is 5.32 Å². The van der Waals surface area contributed by atoms with Crippen molar-refractivity contribution in [2.45, 2.75) is 6.92 Å². The Kier molecular flexibility index (Phi) is 29.1. The number of anilines is 1. The molecule has 17 nitrogen and oxygen atoms in total. The first-order chi connectivity index (χ1) is 26.1. The van der Waals surface area contributed by atoms with Gasteiger partial charge in [0.15, 0.2) is 0 Å². The van der Waals surface area contributed by atoms with Crippen LogP contribution in [-0.2, 0) is 66.5 Å². The van der Waals surface area contributed by atoms with Crippen LogP contribution in [0.15, 0.2) is 36.4 Å². The Morgan fingerprint density at radius 1 is 0.453 bits per heavy atom. The highest BCUT2D eigenvalue weighted by molar-refractivity contribution is 6.12. The predicted molar refractivity (Wildman–Crippen MR) is 191 cm³/mol. The van der Waals surface area contributed by atoms with Crippen LogP contribution in [0, 0.1) is 0 Å². The third-order valence-corrected chi connectivity index (χ3v) is 6.75. The van der Waals surface area contributed by atoms with E-state index in [4.69, 9.17) is 56.8 Å². The molecule has 1 aliphatic heterocycles. The minimum atomic E-state index is -0.310. The molecule has 1 aliphatic rings. The van der Waals surface area contributed by atoms with Gasteiger partial charge in [0.1, 0.15) is 12.4 Å². The van der Waals surface area contributed by atoms with Crippen LogP contribution < -0.4 is 10.1 Å². The van der Waals surface area contributed by atoms with E-state index >= 15 is 0 Å². The molecule has 1 heterocycles. The molecule has 2 rings (SSSR count). The van der Waals surface area contributed by atoms with Gasteiger partial charge in [0.05, 0.1) is 152 Å². The number of ether oxygens (including phenoxy) is 12. The van der Waals surface area contributed by atoms with Crippen LogP contribution in [0.3, 0.4) is 0 Å². The summed E-state index contributed by atoms with van der Waals surface area (Å²) in [7, 11) is 0. The number of hydrogen-bond donors (Lipinski definition) is 1. The summed E-state index contributed by atoms with van der Waals surface area (Å²) in [6.45, 7) is 12.1. The Balaban J connectivity index is 1.15. The van der Waals surface area contributed by atoms with Crippen LogP contribution in [0.5, 0.6) is 5.75 Å². The first-order valence-corrected chi connectivity index (χ1v) is 18.0. The molecular formula is C36H58N2O15. The van der Waals surface area contributed by atoms with Gasteiger partial charge in [0.25, 0.3) is 11.8 Å². The SMILES string of the molecule is CC(=O)Nc1ccc(OCCOCCOCCOCCOCCOCCOCCOCCOCCOCCOCCOCCN2C(=O)C=CC2=O)cc1. The lowest BCUT2D eigenvalue weighted by Gasteiger charge is -2.13. The quantitative estimate of drug-likeness (QED) is 0.0750. The van der Waals surface area contributed by atoms with Gasteiger partial charge < -0.3 is 62.2 Å². The van der Waals surface area contributed by atoms with Crippen molar-refractivity contribution < 1.29 is 71.2 Å². The summed E-state index contributed by atoms with van der Waals surface area (Å²) >= 11 is 0. The lowest BCUT2D eigenvalue weighted by molar-refractivity contribution is -0.137. The molecule has 0 spiro atoms. The molecule has 0 atom stereocenters. The molecule has 0 radical (unpaired) electrons. The maximum Gasteiger partial charge on any atom is 0.253 e. The summed E-state index contributed by atoms with van der Waals surface area (Å²) in [4.78, 5) is 35.0. The maximum absolute atomic E-state index is 11.4. The van der Waals surface area contributed by atoms with Crippen molar-refractivity contribution in [1.29, 1.82) is 0 Å². The number of carbonyl (C=O) groups is 3. The van der Waals surface area contributed by atoms with Crippen LogP contribution in [0.1, 0.15) is 6.92 Å². The van der Waals surface area contributed by atoms with Gasteiger partial charge >= 0.3 is 0 Å². The van der Waals surface area contributed by atoms with Crippen molar-refractivity contribution in [1.82, 2.24) is 4.90 Å². The lowest BCUT2D eigenvalue weighted by atomic mass is 10.3. The lowest BCUT2D eigenvalue weighted by Crippen LogP contribution is -2.33. The van der Waals surface area contributed by atoms with E-state index in [1.165, 1.54) is 19.1 Å². The van der Waals surface area contributed by atoms with E-state index in [1.807, 2.05) is 0 Å². The predicted octanol–water partition coefficient (Wildman–Crippen LogP) is 1.13. The fraction of sp³-hybridized carbons (Fsp3) is 0.694. The molecule has 302 valence electrons. The summed E-state index contributed by atoms with van der Waals surface area (Å²) in [6.07, 6.45) is 2.51. The summed E-state index contributed by atoms with van der Waals surface area (Å²) in [5.41, 5.74) is 0.726. The molecule has 3 amide bonds. The third-order valence-electron chi connectivity index (χ3n) is 6.75. The molecule has 0 bridgehead atoms. The number of imide groups is 1. The number of hydrogen-bond acceptors (Lipinski definition) is 15. The smallest absolute Gasteiger partial charge is 0.253 e. The second kappa shape index (κ2) is 33.5. The van der Waals surface area contributed by atoms with E-state index in [0.29, 0.717) is 151 Å². The van der Waals surface area contributed by atoms with Crippen LogP contribution >= 0.6 is 0 Å². The fourth-order valence-electron chi connectivity index (χ4n) is 4.16. The average molecular weight is 759 g/mol. The number of nitrogens with zero attached hydrogens (tertiary/aromatic N) is 1. The Hall–Kier alpha value is -3.07. The normalized spacial score (nSPS) is 12.7. The van der Waals surface area contributed by atoms with Crippen molar-refractivity contribution in [3.63, 3.8) is 0 Å². The molecule has 0 saturated heterocycles. The van der Waals surface area contributed by atoms with E-state index in [9.17, 15) is 14.4 Å². The molecule has 17 heteroatoms. The van der Waals surface area contributed by atoms with Crippen LogP contribution in [0.25, 0.3) is 0 Å². The van der Waals surface area contributed by atoms with Crippen molar-refractivity contribution in [2.24, 2.45) is 0 Å². The fourth-order valence-corrected chi connectivity index (χ4v) is 4.16. The first-order valence-electron chi connectivity index (χ1n) is 18.0. The zero-order valence-corrected chi connectivity index (χ0v) is 31.0. The number of amides is 3. The minimum Gasteiger partial charge on any atom is -0.491 e. The van der Waals surface area contributed by atoms with E-state index in [1.54, 1.807) is 24.3 Å². The number of carbonyl (C=O) groups excluding carboxylic acids is 3.